The van der Waals surface area contributed by atoms with Crippen LogP contribution in [0.15, 0.2) is 42.5 Å². The Morgan fingerprint density at radius 2 is 1.71 bits per heavy atom. The summed E-state index contributed by atoms with van der Waals surface area (Å²) < 4.78 is 5.37. The summed E-state index contributed by atoms with van der Waals surface area (Å²) in [5.41, 5.74) is 5.61. The molecule has 2 aromatic carbocycles. The fraction of sp³-hybridized carbons (Fsp3) is 0.211. The number of ether oxygens (including phenoxy) is 1. The molecule has 0 fully saturated rings. The van der Waals surface area contributed by atoms with E-state index in [2.05, 4.69) is 16.2 Å². The summed E-state index contributed by atoms with van der Waals surface area (Å²) in [6.07, 6.45) is -0.0202. The number of halogens is 2. The lowest BCUT2D eigenvalue weighted by atomic mass is 10.2. The minimum atomic E-state index is -0.525. The van der Waals surface area contributed by atoms with Crippen LogP contribution in [-0.4, -0.2) is 30.9 Å². The molecule has 3 N–H and O–H groups in total. The van der Waals surface area contributed by atoms with Crippen LogP contribution >= 0.6 is 23.2 Å². The van der Waals surface area contributed by atoms with Crippen LogP contribution in [-0.2, 0) is 9.59 Å². The average molecular weight is 424 g/mol. The third kappa shape index (κ3) is 6.75. The Morgan fingerprint density at radius 3 is 2.43 bits per heavy atom. The monoisotopic (exact) mass is 423 g/mol. The molecule has 0 spiro atoms. The van der Waals surface area contributed by atoms with E-state index in [1.807, 2.05) is 0 Å². The average Bonchev–Trinajstić information content (AvgIpc) is 2.66. The first-order valence-electron chi connectivity index (χ1n) is 8.36. The number of amides is 3. The highest BCUT2D eigenvalue weighted by Crippen LogP contribution is 2.21. The van der Waals surface area contributed by atoms with E-state index in [1.165, 1.54) is 0 Å². The normalized spacial score (nSPS) is 10.1. The second kappa shape index (κ2) is 10.5. The van der Waals surface area contributed by atoms with Gasteiger partial charge in [-0.2, -0.15) is 0 Å². The standard InChI is InChI=1S/C19H19Cl2N3O4/c1-12-10-13(20)6-7-16(12)28-11-18(26)24-23-17(25)8-9-22-19(27)14-4-2-3-5-15(14)21/h2-7,10H,8-9,11H2,1H3,(H,22,27)(H,23,25)(H,24,26). The number of hydrogen-bond acceptors (Lipinski definition) is 4. The highest BCUT2D eigenvalue weighted by molar-refractivity contribution is 6.33. The smallest absolute Gasteiger partial charge is 0.276 e. The van der Waals surface area contributed by atoms with Gasteiger partial charge in [0.15, 0.2) is 6.61 Å². The van der Waals surface area contributed by atoms with Crippen LogP contribution < -0.4 is 20.9 Å². The summed E-state index contributed by atoms with van der Waals surface area (Å²) in [6.45, 7) is 1.62. The zero-order valence-electron chi connectivity index (χ0n) is 15.1. The van der Waals surface area contributed by atoms with Gasteiger partial charge in [-0.15, -0.1) is 0 Å². The maximum absolute atomic E-state index is 12.0. The minimum absolute atomic E-state index is 0.0202. The number of rotatable bonds is 7. The molecule has 0 aliphatic rings. The summed E-state index contributed by atoms with van der Waals surface area (Å²) in [7, 11) is 0. The first-order chi connectivity index (χ1) is 13.4. The Labute approximate surface area is 172 Å². The molecule has 0 atom stereocenters. The number of aryl methyl sites for hydroxylation is 1. The zero-order valence-corrected chi connectivity index (χ0v) is 16.6. The van der Waals surface area contributed by atoms with Crippen molar-refractivity contribution in [2.45, 2.75) is 13.3 Å². The van der Waals surface area contributed by atoms with E-state index in [0.29, 0.717) is 21.4 Å². The van der Waals surface area contributed by atoms with Gasteiger partial charge in [-0.05, 0) is 42.8 Å². The number of carbonyl (C=O) groups is 3. The molecular weight excluding hydrogens is 405 g/mol. The first-order valence-corrected chi connectivity index (χ1v) is 9.12. The van der Waals surface area contributed by atoms with Crippen LogP contribution in [0.5, 0.6) is 5.75 Å². The summed E-state index contributed by atoms with van der Waals surface area (Å²) in [4.78, 5) is 35.4. The van der Waals surface area contributed by atoms with E-state index in [-0.39, 0.29) is 25.5 Å². The summed E-state index contributed by atoms with van der Waals surface area (Å²) in [5.74, 6) is -0.847. The van der Waals surface area contributed by atoms with E-state index in [1.54, 1.807) is 49.4 Å². The van der Waals surface area contributed by atoms with E-state index in [9.17, 15) is 14.4 Å². The molecule has 0 unspecified atom stereocenters. The molecule has 0 heterocycles. The molecule has 2 aromatic rings. The van der Waals surface area contributed by atoms with Crippen LogP contribution in [0.3, 0.4) is 0 Å². The van der Waals surface area contributed by atoms with Gasteiger partial charge in [0.2, 0.25) is 5.91 Å². The Bertz CT molecular complexity index is 874. The van der Waals surface area contributed by atoms with Crippen LogP contribution in [0.2, 0.25) is 10.0 Å². The van der Waals surface area contributed by atoms with Crippen molar-refractivity contribution in [1.29, 1.82) is 0 Å². The van der Waals surface area contributed by atoms with Crippen molar-refractivity contribution >= 4 is 40.9 Å². The highest BCUT2D eigenvalue weighted by Gasteiger charge is 2.11. The first kappa shape index (κ1) is 21.5. The van der Waals surface area contributed by atoms with Gasteiger partial charge < -0.3 is 10.1 Å². The van der Waals surface area contributed by atoms with Crippen molar-refractivity contribution < 1.29 is 19.1 Å². The molecule has 28 heavy (non-hydrogen) atoms. The van der Waals surface area contributed by atoms with Crippen molar-refractivity contribution in [1.82, 2.24) is 16.2 Å². The maximum atomic E-state index is 12.0. The number of nitrogens with one attached hydrogen (secondary N) is 3. The van der Waals surface area contributed by atoms with Gasteiger partial charge in [0.1, 0.15) is 5.75 Å². The van der Waals surface area contributed by atoms with Gasteiger partial charge in [-0.3, -0.25) is 25.2 Å². The number of hydrazine groups is 1. The minimum Gasteiger partial charge on any atom is -0.483 e. The predicted octanol–water partition coefficient (Wildman–Crippen LogP) is 2.65. The Hall–Kier alpha value is -2.77. The summed E-state index contributed by atoms with van der Waals surface area (Å²) in [5, 5.41) is 3.48. The van der Waals surface area contributed by atoms with Crippen LogP contribution in [0, 0.1) is 6.92 Å². The van der Waals surface area contributed by atoms with E-state index in [4.69, 9.17) is 27.9 Å². The van der Waals surface area contributed by atoms with E-state index < -0.39 is 11.8 Å². The lowest BCUT2D eigenvalue weighted by Gasteiger charge is -2.11. The van der Waals surface area contributed by atoms with E-state index in [0.717, 1.165) is 5.56 Å². The molecule has 0 bridgehead atoms. The summed E-state index contributed by atoms with van der Waals surface area (Å²) in [6, 6.07) is 11.6. The molecule has 0 aliphatic carbocycles. The molecule has 3 amide bonds. The molecule has 2 rings (SSSR count). The van der Waals surface area contributed by atoms with Gasteiger partial charge >= 0.3 is 0 Å². The van der Waals surface area contributed by atoms with E-state index >= 15 is 0 Å². The lowest BCUT2D eigenvalue weighted by Crippen LogP contribution is -2.44. The fourth-order valence-electron chi connectivity index (χ4n) is 2.19. The lowest BCUT2D eigenvalue weighted by molar-refractivity contribution is -0.129. The molecule has 0 radical (unpaired) electrons. The molecule has 148 valence electrons. The van der Waals surface area contributed by atoms with Gasteiger partial charge in [0.25, 0.3) is 11.8 Å². The van der Waals surface area contributed by atoms with Crippen molar-refractivity contribution in [2.24, 2.45) is 0 Å². The third-order valence-corrected chi connectivity index (χ3v) is 4.16. The molecule has 9 heteroatoms. The van der Waals surface area contributed by atoms with Gasteiger partial charge in [0.05, 0.1) is 10.6 Å². The quantitative estimate of drug-likeness (QED) is 0.596. The van der Waals surface area contributed by atoms with Crippen LogP contribution in [0.1, 0.15) is 22.3 Å². The summed E-state index contributed by atoms with van der Waals surface area (Å²) >= 11 is 11.8. The molecule has 7 nitrogen and oxygen atoms in total. The van der Waals surface area contributed by atoms with Crippen molar-refractivity contribution in [2.75, 3.05) is 13.2 Å². The van der Waals surface area contributed by atoms with Crippen molar-refractivity contribution in [3.8, 4) is 5.75 Å². The SMILES string of the molecule is Cc1cc(Cl)ccc1OCC(=O)NNC(=O)CCNC(=O)c1ccccc1Cl. The third-order valence-electron chi connectivity index (χ3n) is 3.59. The Balaban J connectivity index is 1.65. The molecule has 0 aromatic heterocycles. The van der Waals surface area contributed by atoms with Crippen LogP contribution in [0.25, 0.3) is 0 Å². The molecule has 0 saturated carbocycles. The highest BCUT2D eigenvalue weighted by atomic mass is 35.5. The fourth-order valence-corrected chi connectivity index (χ4v) is 2.63. The van der Waals surface area contributed by atoms with Crippen molar-refractivity contribution in [3.05, 3.63) is 63.6 Å². The topological polar surface area (TPSA) is 96.5 Å². The molecule has 0 saturated heterocycles. The number of benzene rings is 2. The Kier molecular flexibility index (Phi) is 8.10. The zero-order chi connectivity index (χ0) is 20.5. The number of carbonyl (C=O) groups excluding carboxylic acids is 3. The predicted molar refractivity (Wildman–Crippen MR) is 106 cm³/mol. The second-order valence-corrected chi connectivity index (χ2v) is 6.62. The van der Waals surface area contributed by atoms with Crippen molar-refractivity contribution in [3.63, 3.8) is 0 Å². The van der Waals surface area contributed by atoms with Crippen LogP contribution in [0.4, 0.5) is 0 Å². The maximum Gasteiger partial charge on any atom is 0.276 e. The molecular formula is C19H19Cl2N3O4. The number of hydrogen-bond donors (Lipinski definition) is 3. The van der Waals surface area contributed by atoms with Gasteiger partial charge in [0, 0.05) is 18.0 Å². The largest absolute Gasteiger partial charge is 0.483 e. The van der Waals surface area contributed by atoms with Gasteiger partial charge in [-0.25, -0.2) is 0 Å². The second-order valence-electron chi connectivity index (χ2n) is 5.78. The van der Waals surface area contributed by atoms with Gasteiger partial charge in [-0.1, -0.05) is 35.3 Å². The molecule has 0 aliphatic heterocycles. The Morgan fingerprint density at radius 1 is 1.00 bits per heavy atom.